The van der Waals surface area contributed by atoms with Gasteiger partial charge >= 0.3 is 0 Å². The van der Waals surface area contributed by atoms with Gasteiger partial charge in [-0.15, -0.1) is 0 Å². The molecule has 1 saturated carbocycles. The van der Waals surface area contributed by atoms with Gasteiger partial charge in [0.25, 0.3) is 0 Å². The number of amides is 1. The molecule has 16 heavy (non-hydrogen) atoms. The van der Waals surface area contributed by atoms with E-state index in [2.05, 4.69) is 16.8 Å². The van der Waals surface area contributed by atoms with Gasteiger partial charge in [0.1, 0.15) is 0 Å². The normalized spacial score (nSPS) is 40.4. The topological polar surface area (TPSA) is 23.6 Å². The van der Waals surface area contributed by atoms with Gasteiger partial charge in [-0.2, -0.15) is 0 Å². The van der Waals surface area contributed by atoms with Crippen LogP contribution in [0.3, 0.4) is 0 Å². The number of likely N-dealkylation sites (N-methyl/N-ethyl adjacent to an activating group) is 1. The Balaban J connectivity index is 1.81. The van der Waals surface area contributed by atoms with E-state index in [1.54, 1.807) is 0 Å². The van der Waals surface area contributed by atoms with Gasteiger partial charge in [-0.05, 0) is 32.2 Å². The maximum Gasteiger partial charge on any atom is 0.237 e. The SMILES string of the molecule is CN1CC(=O)N2[C@H](C[C@@H]3CCCCC[C@H]32)C1. The molecular weight excluding hydrogens is 200 g/mol. The van der Waals surface area contributed by atoms with Crippen molar-refractivity contribution in [3.63, 3.8) is 0 Å². The Kier molecular flexibility index (Phi) is 2.66. The van der Waals surface area contributed by atoms with E-state index in [-0.39, 0.29) is 0 Å². The molecule has 3 rings (SSSR count). The average molecular weight is 222 g/mol. The zero-order chi connectivity index (χ0) is 11.1. The van der Waals surface area contributed by atoms with E-state index in [0.29, 0.717) is 24.5 Å². The smallest absolute Gasteiger partial charge is 0.237 e. The number of carbonyl (C=O) groups excluding carboxylic acids is 1. The molecule has 0 aromatic heterocycles. The first-order valence-corrected chi connectivity index (χ1v) is 6.75. The molecule has 0 aromatic rings. The highest BCUT2D eigenvalue weighted by atomic mass is 16.2. The Bertz CT molecular complexity index is 292. The van der Waals surface area contributed by atoms with Crippen LogP contribution >= 0.6 is 0 Å². The Hall–Kier alpha value is -0.570. The summed E-state index contributed by atoms with van der Waals surface area (Å²) in [6.45, 7) is 1.73. The standard InChI is InChI=1S/C13H22N2O/c1-14-8-11-7-10-5-3-2-4-6-12(10)15(11)13(16)9-14/h10-12H,2-9H2,1H3/t10-,11+,12+/m0/s1. The third-order valence-electron chi connectivity index (χ3n) is 4.66. The van der Waals surface area contributed by atoms with Crippen molar-refractivity contribution >= 4 is 5.91 Å². The number of fused-ring (bicyclic) bond motifs is 3. The van der Waals surface area contributed by atoms with Crippen LogP contribution in [0.5, 0.6) is 0 Å². The third kappa shape index (κ3) is 1.65. The Morgan fingerprint density at radius 2 is 2.00 bits per heavy atom. The molecule has 0 radical (unpaired) electrons. The molecule has 2 heterocycles. The van der Waals surface area contributed by atoms with Gasteiger partial charge in [-0.3, -0.25) is 9.69 Å². The Morgan fingerprint density at radius 3 is 2.88 bits per heavy atom. The van der Waals surface area contributed by atoms with Crippen LogP contribution in [0.2, 0.25) is 0 Å². The maximum atomic E-state index is 12.1. The molecule has 3 aliphatic rings. The van der Waals surface area contributed by atoms with Crippen molar-refractivity contribution in [3.05, 3.63) is 0 Å². The van der Waals surface area contributed by atoms with E-state index in [0.717, 1.165) is 12.5 Å². The van der Waals surface area contributed by atoms with Crippen LogP contribution in [0.25, 0.3) is 0 Å². The molecule has 3 atom stereocenters. The van der Waals surface area contributed by atoms with Crippen molar-refractivity contribution in [2.75, 3.05) is 20.1 Å². The van der Waals surface area contributed by atoms with Crippen molar-refractivity contribution in [1.82, 2.24) is 9.80 Å². The number of carbonyl (C=O) groups is 1. The Morgan fingerprint density at radius 1 is 1.19 bits per heavy atom. The summed E-state index contributed by atoms with van der Waals surface area (Å²) in [5, 5.41) is 0. The summed E-state index contributed by atoms with van der Waals surface area (Å²) in [5.41, 5.74) is 0. The second-order valence-electron chi connectivity index (χ2n) is 5.85. The highest BCUT2D eigenvalue weighted by Gasteiger charge is 2.45. The van der Waals surface area contributed by atoms with E-state index >= 15 is 0 Å². The molecule has 3 heteroatoms. The molecule has 3 nitrogen and oxygen atoms in total. The van der Waals surface area contributed by atoms with Gasteiger partial charge in [0.2, 0.25) is 5.91 Å². The van der Waals surface area contributed by atoms with Gasteiger partial charge in [0.05, 0.1) is 6.54 Å². The zero-order valence-electron chi connectivity index (χ0n) is 10.2. The first-order chi connectivity index (χ1) is 7.75. The zero-order valence-corrected chi connectivity index (χ0v) is 10.2. The van der Waals surface area contributed by atoms with Crippen LogP contribution in [0.15, 0.2) is 0 Å². The second kappa shape index (κ2) is 4.02. The summed E-state index contributed by atoms with van der Waals surface area (Å²) in [4.78, 5) is 16.6. The monoisotopic (exact) mass is 222 g/mol. The summed E-state index contributed by atoms with van der Waals surface area (Å²) < 4.78 is 0. The third-order valence-corrected chi connectivity index (χ3v) is 4.66. The quantitative estimate of drug-likeness (QED) is 0.620. The van der Waals surface area contributed by atoms with Crippen molar-refractivity contribution in [2.24, 2.45) is 5.92 Å². The number of nitrogens with zero attached hydrogens (tertiary/aromatic N) is 2. The van der Waals surface area contributed by atoms with E-state index < -0.39 is 0 Å². The number of hydrogen-bond acceptors (Lipinski definition) is 2. The maximum absolute atomic E-state index is 12.1. The second-order valence-corrected chi connectivity index (χ2v) is 5.85. The molecule has 0 bridgehead atoms. The Labute approximate surface area is 97.8 Å². The minimum absolute atomic E-state index is 0.383. The highest BCUT2D eigenvalue weighted by Crippen LogP contribution is 2.39. The van der Waals surface area contributed by atoms with Crippen molar-refractivity contribution < 1.29 is 4.79 Å². The highest BCUT2D eigenvalue weighted by molar-refractivity contribution is 5.80. The van der Waals surface area contributed by atoms with E-state index in [9.17, 15) is 4.79 Å². The molecule has 0 unspecified atom stereocenters. The van der Waals surface area contributed by atoms with Crippen LogP contribution in [0, 0.1) is 5.92 Å². The molecule has 2 saturated heterocycles. The summed E-state index contributed by atoms with van der Waals surface area (Å²) in [6, 6.07) is 1.12. The lowest BCUT2D eigenvalue weighted by atomic mass is 9.94. The molecule has 1 amide bonds. The van der Waals surface area contributed by atoms with Crippen molar-refractivity contribution in [2.45, 2.75) is 50.6 Å². The molecule has 2 aliphatic heterocycles. The minimum atomic E-state index is 0.383. The molecular formula is C13H22N2O. The van der Waals surface area contributed by atoms with Gasteiger partial charge in [0, 0.05) is 18.6 Å². The van der Waals surface area contributed by atoms with Gasteiger partial charge < -0.3 is 4.90 Å². The fourth-order valence-corrected chi connectivity index (χ4v) is 4.03. The fraction of sp³-hybridized carbons (Fsp3) is 0.923. The summed E-state index contributed by atoms with van der Waals surface area (Å²) in [6.07, 6.45) is 7.96. The van der Waals surface area contributed by atoms with Crippen LogP contribution in [-0.4, -0.2) is 47.9 Å². The van der Waals surface area contributed by atoms with E-state index in [4.69, 9.17) is 0 Å². The molecule has 0 aromatic carbocycles. The van der Waals surface area contributed by atoms with Gasteiger partial charge in [-0.1, -0.05) is 19.3 Å². The van der Waals surface area contributed by atoms with Crippen molar-refractivity contribution in [1.29, 1.82) is 0 Å². The van der Waals surface area contributed by atoms with Crippen molar-refractivity contribution in [3.8, 4) is 0 Å². The molecule has 1 aliphatic carbocycles. The summed E-state index contributed by atoms with van der Waals surface area (Å²) in [7, 11) is 2.07. The van der Waals surface area contributed by atoms with Gasteiger partial charge in [-0.25, -0.2) is 0 Å². The molecule has 0 spiro atoms. The number of piperazine rings is 1. The molecule has 90 valence electrons. The average Bonchev–Trinajstić information content (AvgIpc) is 2.42. The minimum Gasteiger partial charge on any atom is -0.334 e. The number of rotatable bonds is 0. The lowest BCUT2D eigenvalue weighted by Gasteiger charge is -2.38. The predicted octanol–water partition coefficient (Wildman–Crippen LogP) is 1.48. The largest absolute Gasteiger partial charge is 0.334 e. The van der Waals surface area contributed by atoms with Crippen LogP contribution in [0.1, 0.15) is 38.5 Å². The predicted molar refractivity (Wildman–Crippen MR) is 63.1 cm³/mol. The fourth-order valence-electron chi connectivity index (χ4n) is 4.03. The van der Waals surface area contributed by atoms with Gasteiger partial charge in [0.15, 0.2) is 0 Å². The lowest BCUT2D eigenvalue weighted by molar-refractivity contribution is -0.139. The molecule has 0 N–H and O–H groups in total. The van der Waals surface area contributed by atoms with Crippen LogP contribution < -0.4 is 0 Å². The van der Waals surface area contributed by atoms with E-state index in [1.807, 2.05) is 0 Å². The van der Waals surface area contributed by atoms with Crippen LogP contribution in [0.4, 0.5) is 0 Å². The first-order valence-electron chi connectivity index (χ1n) is 6.75. The molecule has 3 fully saturated rings. The summed E-state index contributed by atoms with van der Waals surface area (Å²) in [5.74, 6) is 1.19. The summed E-state index contributed by atoms with van der Waals surface area (Å²) >= 11 is 0. The van der Waals surface area contributed by atoms with E-state index in [1.165, 1.54) is 38.5 Å². The van der Waals surface area contributed by atoms with Crippen LogP contribution in [-0.2, 0) is 4.79 Å². The lowest BCUT2D eigenvalue weighted by Crippen LogP contribution is -2.55. The first kappa shape index (κ1) is 10.6. The number of hydrogen-bond donors (Lipinski definition) is 0.